The number of hydrogen-bond acceptors (Lipinski definition) is 7. The van der Waals surface area contributed by atoms with Gasteiger partial charge in [-0.1, -0.05) is 36.4 Å². The van der Waals surface area contributed by atoms with E-state index in [-0.39, 0.29) is 45.1 Å². The molecule has 8 nitrogen and oxygen atoms in total. The van der Waals surface area contributed by atoms with Crippen molar-refractivity contribution in [3.63, 3.8) is 0 Å². The van der Waals surface area contributed by atoms with Crippen LogP contribution < -0.4 is 0 Å². The normalized spacial score (nSPS) is 18.8. The lowest BCUT2D eigenvalue weighted by atomic mass is 9.82. The Morgan fingerprint density at radius 1 is 1.00 bits per heavy atom. The van der Waals surface area contributed by atoms with E-state index in [1.54, 1.807) is 18.2 Å². The van der Waals surface area contributed by atoms with Gasteiger partial charge in [0.25, 0.3) is 5.91 Å². The Kier molecular flexibility index (Phi) is 5.22. The minimum absolute atomic E-state index is 0.0167. The molecule has 31 heavy (non-hydrogen) atoms. The van der Waals surface area contributed by atoms with Crippen LogP contribution in [-0.4, -0.2) is 68.0 Å². The summed E-state index contributed by atoms with van der Waals surface area (Å²) in [7, 11) is -1.70. The molecule has 1 aliphatic heterocycles. The minimum Gasteiger partial charge on any atom is -0.452 e. The molecule has 0 N–H and O–H groups in total. The van der Waals surface area contributed by atoms with Crippen molar-refractivity contribution < 1.29 is 32.3 Å². The Bertz CT molecular complexity index is 1230. The van der Waals surface area contributed by atoms with Crippen molar-refractivity contribution in [1.82, 2.24) is 4.90 Å². The first-order valence-corrected chi connectivity index (χ1v) is 11.5. The van der Waals surface area contributed by atoms with E-state index in [9.17, 15) is 27.6 Å². The summed E-state index contributed by atoms with van der Waals surface area (Å²) in [4.78, 5) is 52.1. The number of carbonyl (C=O) groups excluding carboxylic acids is 4. The number of hydrogen-bond donors (Lipinski definition) is 0. The number of carbonyl (C=O) groups is 4. The molecular weight excluding hydrogens is 422 g/mol. The Morgan fingerprint density at radius 2 is 1.65 bits per heavy atom. The van der Waals surface area contributed by atoms with Crippen LogP contribution in [0.5, 0.6) is 0 Å². The van der Waals surface area contributed by atoms with Gasteiger partial charge in [-0.25, -0.2) is 13.2 Å². The van der Waals surface area contributed by atoms with Crippen molar-refractivity contribution in [1.29, 1.82) is 0 Å². The molecule has 1 saturated heterocycles. The smallest absolute Gasteiger partial charge is 0.339 e. The van der Waals surface area contributed by atoms with Gasteiger partial charge in [-0.2, -0.15) is 0 Å². The molecule has 9 heteroatoms. The Balaban J connectivity index is 1.52. The molecular formula is C22H19NO7S. The van der Waals surface area contributed by atoms with E-state index < -0.39 is 40.1 Å². The molecule has 0 bridgehead atoms. The summed E-state index contributed by atoms with van der Waals surface area (Å²) in [6, 6.07) is 10.2. The summed E-state index contributed by atoms with van der Waals surface area (Å²) in [5.41, 5.74) is 0.452. The maximum Gasteiger partial charge on any atom is 0.339 e. The summed E-state index contributed by atoms with van der Waals surface area (Å²) < 4.78 is 28.4. The fourth-order valence-corrected chi connectivity index (χ4v) is 5.68. The van der Waals surface area contributed by atoms with Gasteiger partial charge in [0.1, 0.15) is 0 Å². The molecule has 2 aromatic carbocycles. The third-order valence-electron chi connectivity index (χ3n) is 5.65. The van der Waals surface area contributed by atoms with Crippen LogP contribution in [0.4, 0.5) is 0 Å². The van der Waals surface area contributed by atoms with E-state index in [1.807, 2.05) is 0 Å². The highest BCUT2D eigenvalue weighted by atomic mass is 32.2. The number of sulfone groups is 1. The van der Waals surface area contributed by atoms with Crippen LogP contribution in [0.15, 0.2) is 42.5 Å². The Labute approximate surface area is 178 Å². The molecule has 160 valence electrons. The maximum absolute atomic E-state index is 13.0. The molecule has 0 spiro atoms. The van der Waals surface area contributed by atoms with E-state index >= 15 is 0 Å². The number of nitrogens with zero attached hydrogens (tertiary/aromatic N) is 1. The van der Waals surface area contributed by atoms with Crippen molar-refractivity contribution >= 4 is 33.3 Å². The van der Waals surface area contributed by atoms with Crippen LogP contribution >= 0.6 is 0 Å². The summed E-state index contributed by atoms with van der Waals surface area (Å²) in [6.07, 6.45) is 0.334. The van der Waals surface area contributed by atoms with Crippen LogP contribution in [-0.2, 0) is 19.4 Å². The van der Waals surface area contributed by atoms with Crippen LogP contribution in [0.3, 0.4) is 0 Å². The van der Waals surface area contributed by atoms with Gasteiger partial charge in [0.15, 0.2) is 28.0 Å². The SMILES string of the molecule is CN(C(=O)COC(=O)c1cccc2c1C(=O)c1ccccc1C2=O)C1CCS(=O)(=O)C1. The van der Waals surface area contributed by atoms with Crippen LogP contribution in [0, 0.1) is 0 Å². The van der Waals surface area contributed by atoms with Gasteiger partial charge in [-0.15, -0.1) is 0 Å². The molecule has 1 heterocycles. The summed E-state index contributed by atoms with van der Waals surface area (Å²) in [5.74, 6) is -2.38. The van der Waals surface area contributed by atoms with Gasteiger partial charge in [-0.3, -0.25) is 14.4 Å². The number of amides is 1. The Morgan fingerprint density at radius 3 is 2.29 bits per heavy atom. The molecule has 0 aromatic heterocycles. The molecule has 1 aliphatic carbocycles. The number of fused-ring (bicyclic) bond motifs is 2. The fraction of sp³-hybridized carbons (Fsp3) is 0.273. The zero-order chi connectivity index (χ0) is 22.3. The second-order valence-corrected chi connectivity index (χ2v) is 9.80. The summed E-state index contributed by atoms with van der Waals surface area (Å²) in [5, 5.41) is 0. The predicted molar refractivity (Wildman–Crippen MR) is 110 cm³/mol. The number of ether oxygens (including phenoxy) is 1. The largest absolute Gasteiger partial charge is 0.452 e. The molecule has 1 unspecified atom stereocenters. The van der Waals surface area contributed by atoms with Gasteiger partial charge < -0.3 is 9.64 Å². The average Bonchev–Trinajstić information content (AvgIpc) is 3.14. The monoisotopic (exact) mass is 441 g/mol. The molecule has 1 fully saturated rings. The van der Waals surface area contributed by atoms with Gasteiger partial charge in [0.2, 0.25) is 0 Å². The van der Waals surface area contributed by atoms with Crippen LogP contribution in [0.1, 0.15) is 48.6 Å². The highest BCUT2D eigenvalue weighted by Gasteiger charge is 2.35. The second-order valence-electron chi connectivity index (χ2n) is 7.57. The van der Waals surface area contributed by atoms with Crippen molar-refractivity contribution in [2.45, 2.75) is 12.5 Å². The second kappa shape index (κ2) is 7.73. The summed E-state index contributed by atoms with van der Waals surface area (Å²) in [6.45, 7) is -0.603. The first-order valence-electron chi connectivity index (χ1n) is 9.64. The molecule has 0 radical (unpaired) electrons. The quantitative estimate of drug-likeness (QED) is 0.560. The first kappa shape index (κ1) is 20.9. The molecule has 4 rings (SSSR count). The van der Waals surface area contributed by atoms with Crippen molar-refractivity contribution in [2.75, 3.05) is 25.2 Å². The minimum atomic E-state index is -3.17. The highest BCUT2D eigenvalue weighted by Crippen LogP contribution is 2.29. The third-order valence-corrected chi connectivity index (χ3v) is 7.40. The number of likely N-dealkylation sites (N-methyl/N-ethyl adjacent to an activating group) is 1. The van der Waals surface area contributed by atoms with E-state index in [4.69, 9.17) is 4.74 Å². The zero-order valence-electron chi connectivity index (χ0n) is 16.7. The van der Waals surface area contributed by atoms with Crippen molar-refractivity contribution in [3.05, 3.63) is 70.3 Å². The highest BCUT2D eigenvalue weighted by molar-refractivity contribution is 7.91. The van der Waals surface area contributed by atoms with E-state index in [1.165, 1.54) is 36.2 Å². The summed E-state index contributed by atoms with van der Waals surface area (Å²) >= 11 is 0. The number of ketones is 2. The number of esters is 1. The molecule has 1 amide bonds. The lowest BCUT2D eigenvalue weighted by Crippen LogP contribution is -2.40. The van der Waals surface area contributed by atoms with Gasteiger partial charge in [0, 0.05) is 35.3 Å². The third kappa shape index (κ3) is 3.76. The van der Waals surface area contributed by atoms with Gasteiger partial charge >= 0.3 is 5.97 Å². The molecule has 1 atom stereocenters. The predicted octanol–water partition coefficient (Wildman–Crippen LogP) is 1.26. The topological polar surface area (TPSA) is 115 Å². The maximum atomic E-state index is 13.0. The fourth-order valence-electron chi connectivity index (χ4n) is 3.91. The lowest BCUT2D eigenvalue weighted by Gasteiger charge is -2.23. The number of benzene rings is 2. The average molecular weight is 441 g/mol. The van der Waals surface area contributed by atoms with Crippen molar-refractivity contribution in [2.24, 2.45) is 0 Å². The van der Waals surface area contributed by atoms with Gasteiger partial charge in [-0.05, 0) is 12.5 Å². The number of rotatable bonds is 4. The first-order chi connectivity index (χ1) is 14.7. The molecule has 2 aromatic rings. The van der Waals surface area contributed by atoms with Gasteiger partial charge in [0.05, 0.1) is 17.1 Å². The van der Waals surface area contributed by atoms with E-state index in [0.29, 0.717) is 6.42 Å². The van der Waals surface area contributed by atoms with Crippen LogP contribution in [0.25, 0.3) is 0 Å². The lowest BCUT2D eigenvalue weighted by molar-refractivity contribution is -0.134. The Hall–Kier alpha value is -3.33. The van der Waals surface area contributed by atoms with Crippen molar-refractivity contribution in [3.8, 4) is 0 Å². The molecule has 2 aliphatic rings. The van der Waals surface area contributed by atoms with E-state index in [0.717, 1.165) is 0 Å². The van der Waals surface area contributed by atoms with Crippen LogP contribution in [0.2, 0.25) is 0 Å². The zero-order valence-corrected chi connectivity index (χ0v) is 17.5. The molecule has 0 saturated carbocycles. The standard InChI is InChI=1S/C22H19NO7S/c1-23(13-9-10-31(28,29)12-13)18(24)11-30-22(27)17-8-4-7-16-19(17)21(26)15-6-3-2-5-14(15)20(16)25/h2-8,13H,9-12H2,1H3. The van der Waals surface area contributed by atoms with E-state index in [2.05, 4.69) is 0 Å².